The van der Waals surface area contributed by atoms with Crippen molar-refractivity contribution in [2.24, 2.45) is 0 Å². The van der Waals surface area contributed by atoms with Crippen LogP contribution in [0.15, 0.2) is 6.07 Å². The Kier molecular flexibility index (Phi) is 1.72. The van der Waals surface area contributed by atoms with E-state index in [-0.39, 0.29) is 23.2 Å². The third-order valence-corrected chi connectivity index (χ3v) is 1.12. The number of nitrogens with zero attached hydrogens (tertiary/aromatic N) is 2. The highest BCUT2D eigenvalue weighted by molar-refractivity contribution is 5.92. The number of anilines is 2. The van der Waals surface area contributed by atoms with E-state index in [1.165, 1.54) is 13.0 Å². The van der Waals surface area contributed by atoms with Crippen LogP contribution in [-0.4, -0.2) is 15.8 Å². The van der Waals surface area contributed by atoms with Gasteiger partial charge in [-0.25, -0.2) is 4.98 Å². The zero-order valence-electron chi connectivity index (χ0n) is 6.03. The van der Waals surface area contributed by atoms with E-state index in [0.717, 1.165) is 0 Å². The summed E-state index contributed by atoms with van der Waals surface area (Å²) < 4.78 is 0. The first-order chi connectivity index (χ1) is 5.09. The van der Waals surface area contributed by atoms with Gasteiger partial charge in [-0.05, 0) is 0 Å². The van der Waals surface area contributed by atoms with E-state index < -0.39 is 0 Å². The third kappa shape index (κ3) is 1.64. The molecule has 0 amide bonds. The van der Waals surface area contributed by atoms with Crippen molar-refractivity contribution in [2.75, 3.05) is 11.5 Å². The summed E-state index contributed by atoms with van der Waals surface area (Å²) in [6.45, 7) is 1.39. The van der Waals surface area contributed by atoms with Gasteiger partial charge in [-0.1, -0.05) is 0 Å². The van der Waals surface area contributed by atoms with Crippen LogP contribution in [0.2, 0.25) is 0 Å². The summed E-state index contributed by atoms with van der Waals surface area (Å²) >= 11 is 0. The van der Waals surface area contributed by atoms with Crippen molar-refractivity contribution >= 4 is 17.5 Å². The number of carbonyl (C=O) groups is 1. The number of hydrogen-bond donors (Lipinski definition) is 2. The Morgan fingerprint density at radius 3 is 2.55 bits per heavy atom. The molecule has 0 fully saturated rings. The number of rotatable bonds is 1. The number of aromatic nitrogens is 2. The van der Waals surface area contributed by atoms with E-state index in [1.54, 1.807) is 0 Å². The molecule has 5 nitrogen and oxygen atoms in total. The molecule has 0 aliphatic rings. The van der Waals surface area contributed by atoms with Crippen LogP contribution in [-0.2, 0) is 0 Å². The summed E-state index contributed by atoms with van der Waals surface area (Å²) in [6.07, 6.45) is 0. The molecule has 11 heavy (non-hydrogen) atoms. The van der Waals surface area contributed by atoms with E-state index in [4.69, 9.17) is 11.5 Å². The fraction of sp³-hybridized carbons (Fsp3) is 0.167. The number of Topliss-reactive ketones (excluding diaryl/α,β-unsaturated/α-hetero) is 1. The van der Waals surface area contributed by atoms with Crippen molar-refractivity contribution in [1.29, 1.82) is 0 Å². The Morgan fingerprint density at radius 2 is 2.09 bits per heavy atom. The smallest absolute Gasteiger partial charge is 0.222 e. The quantitative estimate of drug-likeness (QED) is 0.545. The molecule has 0 atom stereocenters. The van der Waals surface area contributed by atoms with Gasteiger partial charge in [0.2, 0.25) is 5.95 Å². The maximum atomic E-state index is 10.7. The van der Waals surface area contributed by atoms with Crippen LogP contribution in [0.4, 0.5) is 11.8 Å². The average Bonchev–Trinajstić information content (AvgIpc) is 1.85. The van der Waals surface area contributed by atoms with Crippen LogP contribution < -0.4 is 11.5 Å². The van der Waals surface area contributed by atoms with Crippen LogP contribution in [0.25, 0.3) is 0 Å². The summed E-state index contributed by atoms with van der Waals surface area (Å²) in [5, 5.41) is 0. The van der Waals surface area contributed by atoms with E-state index in [0.29, 0.717) is 0 Å². The van der Waals surface area contributed by atoms with E-state index in [1.807, 2.05) is 0 Å². The summed E-state index contributed by atoms with van der Waals surface area (Å²) in [5.41, 5.74) is 10.8. The van der Waals surface area contributed by atoms with Crippen LogP contribution in [0.5, 0.6) is 0 Å². The Balaban J connectivity index is 3.19. The first-order valence-electron chi connectivity index (χ1n) is 3.00. The summed E-state index contributed by atoms with van der Waals surface area (Å²) in [7, 11) is 0. The topological polar surface area (TPSA) is 94.9 Å². The van der Waals surface area contributed by atoms with Gasteiger partial charge in [0.1, 0.15) is 11.5 Å². The number of nitrogen functional groups attached to an aromatic ring is 2. The lowest BCUT2D eigenvalue weighted by atomic mass is 10.3. The van der Waals surface area contributed by atoms with Gasteiger partial charge in [0.15, 0.2) is 5.78 Å². The maximum Gasteiger partial charge on any atom is 0.222 e. The highest BCUT2D eigenvalue weighted by atomic mass is 16.1. The number of hydrogen-bond acceptors (Lipinski definition) is 5. The average molecular weight is 152 g/mol. The van der Waals surface area contributed by atoms with Crippen molar-refractivity contribution in [3.05, 3.63) is 11.8 Å². The largest absolute Gasteiger partial charge is 0.384 e. The van der Waals surface area contributed by atoms with E-state index >= 15 is 0 Å². The summed E-state index contributed by atoms with van der Waals surface area (Å²) in [5.74, 6) is 0.0590. The fourth-order valence-corrected chi connectivity index (χ4v) is 0.666. The minimum absolute atomic E-state index is 0.0233. The van der Waals surface area contributed by atoms with Gasteiger partial charge in [-0.3, -0.25) is 4.79 Å². The maximum absolute atomic E-state index is 10.7. The first kappa shape index (κ1) is 7.46. The molecular weight excluding hydrogens is 144 g/mol. The molecule has 1 aromatic heterocycles. The van der Waals surface area contributed by atoms with Crippen LogP contribution in [0, 0.1) is 0 Å². The van der Waals surface area contributed by atoms with Crippen LogP contribution in [0.1, 0.15) is 17.4 Å². The molecule has 0 aliphatic heterocycles. The van der Waals surface area contributed by atoms with Crippen molar-refractivity contribution in [1.82, 2.24) is 9.97 Å². The summed E-state index contributed by atoms with van der Waals surface area (Å²) in [4.78, 5) is 18.0. The Hall–Kier alpha value is -1.65. The molecule has 1 rings (SSSR count). The highest BCUT2D eigenvalue weighted by Gasteiger charge is 2.03. The zero-order valence-corrected chi connectivity index (χ0v) is 6.03. The van der Waals surface area contributed by atoms with Crippen LogP contribution >= 0.6 is 0 Å². The second kappa shape index (κ2) is 2.53. The molecule has 1 heterocycles. The second-order valence-corrected chi connectivity index (χ2v) is 2.09. The summed E-state index contributed by atoms with van der Waals surface area (Å²) in [6, 6.07) is 1.39. The minimum Gasteiger partial charge on any atom is -0.384 e. The molecule has 0 aromatic carbocycles. The predicted molar refractivity (Wildman–Crippen MR) is 40.9 cm³/mol. The standard InChI is InChI=1S/C6H8N4O/c1-3(11)4-2-5(7)10-6(8)9-4/h2H,1H3,(H4,7,8,9,10). The lowest BCUT2D eigenvalue weighted by Crippen LogP contribution is -2.05. The van der Waals surface area contributed by atoms with Crippen LogP contribution in [0.3, 0.4) is 0 Å². The van der Waals surface area contributed by atoms with Crippen molar-refractivity contribution in [2.45, 2.75) is 6.92 Å². The molecule has 58 valence electrons. The third-order valence-electron chi connectivity index (χ3n) is 1.12. The molecule has 0 spiro atoms. The fourth-order valence-electron chi connectivity index (χ4n) is 0.666. The van der Waals surface area contributed by atoms with Crippen molar-refractivity contribution < 1.29 is 4.79 Å². The van der Waals surface area contributed by atoms with Crippen molar-refractivity contribution in [3.8, 4) is 0 Å². The molecule has 0 radical (unpaired) electrons. The molecule has 4 N–H and O–H groups in total. The molecule has 0 bridgehead atoms. The monoisotopic (exact) mass is 152 g/mol. The molecule has 5 heteroatoms. The first-order valence-corrected chi connectivity index (χ1v) is 3.00. The lowest BCUT2D eigenvalue weighted by molar-refractivity contribution is 0.101. The van der Waals surface area contributed by atoms with E-state index in [9.17, 15) is 4.79 Å². The second-order valence-electron chi connectivity index (χ2n) is 2.09. The molecule has 0 unspecified atom stereocenters. The molecule has 0 saturated heterocycles. The van der Waals surface area contributed by atoms with Gasteiger partial charge in [0.25, 0.3) is 0 Å². The van der Waals surface area contributed by atoms with Gasteiger partial charge >= 0.3 is 0 Å². The number of ketones is 1. The van der Waals surface area contributed by atoms with E-state index in [2.05, 4.69) is 9.97 Å². The molecule has 0 saturated carbocycles. The van der Waals surface area contributed by atoms with Crippen molar-refractivity contribution in [3.63, 3.8) is 0 Å². The van der Waals surface area contributed by atoms with Gasteiger partial charge in [-0.2, -0.15) is 4.98 Å². The number of carbonyl (C=O) groups excluding carboxylic acids is 1. The molecule has 0 aliphatic carbocycles. The Bertz CT molecular complexity index is 276. The Labute approximate surface area is 63.4 Å². The normalized spacial score (nSPS) is 9.55. The molecule has 1 aromatic rings. The van der Waals surface area contributed by atoms with Gasteiger partial charge in [-0.15, -0.1) is 0 Å². The minimum atomic E-state index is -0.175. The Morgan fingerprint density at radius 1 is 1.45 bits per heavy atom. The lowest BCUT2D eigenvalue weighted by Gasteiger charge is -1.97. The SMILES string of the molecule is CC(=O)c1cc(N)nc(N)n1. The predicted octanol–water partition coefficient (Wildman–Crippen LogP) is -0.156. The number of nitrogens with two attached hydrogens (primary N) is 2. The van der Waals surface area contributed by atoms with Gasteiger partial charge < -0.3 is 11.5 Å². The van der Waals surface area contributed by atoms with Gasteiger partial charge in [0.05, 0.1) is 0 Å². The molecular formula is C6H8N4O. The zero-order chi connectivity index (χ0) is 8.43. The highest BCUT2D eigenvalue weighted by Crippen LogP contribution is 2.03. The van der Waals surface area contributed by atoms with Gasteiger partial charge in [0, 0.05) is 13.0 Å².